The van der Waals surface area contributed by atoms with Gasteiger partial charge in [0.05, 0.1) is 7.11 Å². The van der Waals surface area contributed by atoms with Crippen LogP contribution in [-0.2, 0) is 5.75 Å². The number of hydrogen-bond acceptors (Lipinski definition) is 3. The summed E-state index contributed by atoms with van der Waals surface area (Å²) in [5.74, 6) is 1.70. The summed E-state index contributed by atoms with van der Waals surface area (Å²) in [6, 6.07) is 5.52. The average molecular weight is 238 g/mol. The van der Waals surface area contributed by atoms with Gasteiger partial charge in [0.25, 0.3) is 0 Å². The number of carbonyl (C=O) groups excluding carboxylic acids is 1. The summed E-state index contributed by atoms with van der Waals surface area (Å²) in [6.07, 6.45) is 0.866. The molecule has 0 amide bonds. The molecule has 0 radical (unpaired) electrons. The predicted molar refractivity (Wildman–Crippen MR) is 69.4 cm³/mol. The van der Waals surface area contributed by atoms with Crippen molar-refractivity contribution in [3.8, 4) is 5.75 Å². The van der Waals surface area contributed by atoms with Gasteiger partial charge in [0, 0.05) is 21.6 Å². The number of thioether (sulfide) groups is 1. The lowest BCUT2D eigenvalue weighted by atomic mass is 10.1. The molecule has 0 spiro atoms. The number of rotatable bonds is 4. The number of ether oxygens (including phenoxy) is 1. The highest BCUT2D eigenvalue weighted by Gasteiger charge is 2.13. The van der Waals surface area contributed by atoms with Crippen LogP contribution in [0.4, 0.5) is 0 Å². The van der Waals surface area contributed by atoms with Crippen LogP contribution in [0, 0.1) is 0 Å². The third-order valence-electron chi connectivity index (χ3n) is 2.10. The van der Waals surface area contributed by atoms with Gasteiger partial charge in [-0.1, -0.05) is 20.8 Å². The minimum absolute atomic E-state index is 0.211. The normalized spacial score (nSPS) is 11.2. The highest BCUT2D eigenvalue weighted by Crippen LogP contribution is 2.31. The quantitative estimate of drug-likeness (QED) is 0.750. The van der Waals surface area contributed by atoms with Gasteiger partial charge in [-0.25, -0.2) is 0 Å². The molecule has 16 heavy (non-hydrogen) atoms. The summed E-state index contributed by atoms with van der Waals surface area (Å²) in [4.78, 5) is 10.7. The van der Waals surface area contributed by atoms with Gasteiger partial charge in [0.1, 0.15) is 12.0 Å². The van der Waals surface area contributed by atoms with E-state index in [0.29, 0.717) is 5.56 Å². The monoisotopic (exact) mass is 238 g/mol. The molecule has 0 atom stereocenters. The molecule has 0 fully saturated rings. The first-order chi connectivity index (χ1) is 7.46. The Morgan fingerprint density at radius 3 is 2.56 bits per heavy atom. The van der Waals surface area contributed by atoms with Crippen LogP contribution in [0.25, 0.3) is 0 Å². The number of aldehydes is 1. The Balaban J connectivity index is 2.87. The van der Waals surface area contributed by atoms with Crippen molar-refractivity contribution in [1.82, 2.24) is 0 Å². The Hall–Kier alpha value is -0.960. The number of methoxy groups -OCH3 is 1. The molecular formula is C13H18O2S. The summed E-state index contributed by atoms with van der Waals surface area (Å²) < 4.78 is 5.49. The molecule has 0 aromatic heterocycles. The predicted octanol–water partition coefficient (Wildman–Crippen LogP) is 3.54. The largest absolute Gasteiger partial charge is 0.496 e. The standard InChI is InChI=1S/C13H18O2S/c1-13(2,3)16-9-11-7-10(8-14)5-6-12(11)15-4/h5-8H,9H2,1-4H3. The van der Waals surface area contributed by atoms with Crippen molar-refractivity contribution in [2.24, 2.45) is 0 Å². The van der Waals surface area contributed by atoms with Gasteiger partial charge >= 0.3 is 0 Å². The molecule has 3 heteroatoms. The van der Waals surface area contributed by atoms with Crippen molar-refractivity contribution >= 4 is 18.0 Å². The van der Waals surface area contributed by atoms with Gasteiger partial charge in [-0.15, -0.1) is 0 Å². The van der Waals surface area contributed by atoms with E-state index in [4.69, 9.17) is 4.74 Å². The molecule has 0 aliphatic heterocycles. The second-order valence-electron chi connectivity index (χ2n) is 4.59. The van der Waals surface area contributed by atoms with Crippen LogP contribution in [0.5, 0.6) is 5.75 Å². The topological polar surface area (TPSA) is 26.3 Å². The third-order valence-corrected chi connectivity index (χ3v) is 3.42. The Labute approximate surface area is 101 Å². The van der Waals surface area contributed by atoms with Gasteiger partial charge in [-0.2, -0.15) is 11.8 Å². The Bertz CT molecular complexity index is 367. The molecule has 0 unspecified atom stereocenters. The zero-order valence-corrected chi connectivity index (χ0v) is 11.1. The van der Waals surface area contributed by atoms with Gasteiger partial charge < -0.3 is 4.74 Å². The van der Waals surface area contributed by atoms with E-state index >= 15 is 0 Å². The smallest absolute Gasteiger partial charge is 0.150 e. The Kier molecular flexibility index (Phi) is 4.42. The molecule has 0 saturated carbocycles. The van der Waals surface area contributed by atoms with Crippen molar-refractivity contribution in [2.75, 3.05) is 7.11 Å². The van der Waals surface area contributed by atoms with Crippen LogP contribution in [0.3, 0.4) is 0 Å². The first-order valence-corrected chi connectivity index (χ1v) is 6.21. The van der Waals surface area contributed by atoms with E-state index in [0.717, 1.165) is 23.4 Å². The maximum atomic E-state index is 10.7. The van der Waals surface area contributed by atoms with E-state index in [1.165, 1.54) is 0 Å². The van der Waals surface area contributed by atoms with E-state index in [1.807, 2.05) is 23.9 Å². The van der Waals surface area contributed by atoms with Gasteiger partial charge in [-0.05, 0) is 18.2 Å². The molecule has 0 aliphatic carbocycles. The zero-order valence-electron chi connectivity index (χ0n) is 10.2. The van der Waals surface area contributed by atoms with Crippen LogP contribution in [0.2, 0.25) is 0 Å². The molecule has 0 aliphatic rings. The lowest BCUT2D eigenvalue weighted by molar-refractivity contribution is 0.112. The summed E-state index contributed by atoms with van der Waals surface area (Å²) in [5.41, 5.74) is 1.78. The molecule has 1 aromatic rings. The van der Waals surface area contributed by atoms with Crippen molar-refractivity contribution in [3.05, 3.63) is 29.3 Å². The fourth-order valence-electron chi connectivity index (χ4n) is 1.28. The number of benzene rings is 1. The Morgan fingerprint density at radius 2 is 2.06 bits per heavy atom. The van der Waals surface area contributed by atoms with Gasteiger partial charge in [0.15, 0.2) is 0 Å². The fourth-order valence-corrected chi connectivity index (χ4v) is 2.09. The summed E-state index contributed by atoms with van der Waals surface area (Å²) in [5, 5.41) is 0. The van der Waals surface area contributed by atoms with E-state index in [2.05, 4.69) is 20.8 Å². The second-order valence-corrected chi connectivity index (χ2v) is 6.39. The maximum Gasteiger partial charge on any atom is 0.150 e. The zero-order chi connectivity index (χ0) is 12.2. The molecule has 0 saturated heterocycles. The van der Waals surface area contributed by atoms with Crippen molar-refractivity contribution < 1.29 is 9.53 Å². The van der Waals surface area contributed by atoms with Crippen LogP contribution < -0.4 is 4.74 Å². The fraction of sp³-hybridized carbons (Fsp3) is 0.462. The van der Waals surface area contributed by atoms with Crippen molar-refractivity contribution in [1.29, 1.82) is 0 Å². The van der Waals surface area contributed by atoms with Crippen LogP contribution in [0.1, 0.15) is 36.7 Å². The molecule has 0 heterocycles. The molecule has 1 rings (SSSR count). The minimum Gasteiger partial charge on any atom is -0.496 e. The molecule has 0 N–H and O–H groups in total. The van der Waals surface area contributed by atoms with Gasteiger partial charge in [0.2, 0.25) is 0 Å². The highest BCUT2D eigenvalue weighted by molar-refractivity contribution is 7.99. The summed E-state index contributed by atoms with van der Waals surface area (Å²) in [6.45, 7) is 6.52. The third kappa shape index (κ3) is 3.89. The van der Waals surface area contributed by atoms with Crippen molar-refractivity contribution in [2.45, 2.75) is 31.3 Å². The Morgan fingerprint density at radius 1 is 1.38 bits per heavy atom. The molecule has 1 aromatic carbocycles. The van der Waals surface area contributed by atoms with Crippen LogP contribution >= 0.6 is 11.8 Å². The SMILES string of the molecule is COc1ccc(C=O)cc1CSC(C)(C)C. The number of carbonyl (C=O) groups is 1. The second kappa shape index (κ2) is 5.39. The first kappa shape index (κ1) is 13.1. The van der Waals surface area contributed by atoms with E-state index in [1.54, 1.807) is 13.2 Å². The van der Waals surface area contributed by atoms with Crippen LogP contribution in [-0.4, -0.2) is 18.1 Å². The molecule has 2 nitrogen and oxygen atoms in total. The first-order valence-electron chi connectivity index (χ1n) is 5.22. The van der Waals surface area contributed by atoms with Gasteiger partial charge in [-0.3, -0.25) is 4.79 Å². The van der Waals surface area contributed by atoms with Crippen LogP contribution in [0.15, 0.2) is 18.2 Å². The molecular weight excluding hydrogens is 220 g/mol. The summed E-state index contributed by atoms with van der Waals surface area (Å²) in [7, 11) is 1.65. The van der Waals surface area contributed by atoms with E-state index < -0.39 is 0 Å². The lowest BCUT2D eigenvalue weighted by Crippen LogP contribution is -2.08. The van der Waals surface area contributed by atoms with Crippen molar-refractivity contribution in [3.63, 3.8) is 0 Å². The number of hydrogen-bond donors (Lipinski definition) is 0. The molecule has 0 bridgehead atoms. The highest BCUT2D eigenvalue weighted by atomic mass is 32.2. The minimum atomic E-state index is 0.211. The summed E-state index contributed by atoms with van der Waals surface area (Å²) >= 11 is 1.84. The molecule has 88 valence electrons. The average Bonchev–Trinajstić information content (AvgIpc) is 2.25. The lowest BCUT2D eigenvalue weighted by Gasteiger charge is -2.18. The van der Waals surface area contributed by atoms with E-state index in [9.17, 15) is 4.79 Å². The van der Waals surface area contributed by atoms with E-state index in [-0.39, 0.29) is 4.75 Å². The maximum absolute atomic E-state index is 10.7.